The molecule has 3 aliphatic rings. The van der Waals surface area contributed by atoms with E-state index >= 15 is 0 Å². The molecule has 15 rings (SSSR count). The van der Waals surface area contributed by atoms with Crippen LogP contribution in [-0.4, -0.2) is 38.7 Å². The van der Waals surface area contributed by atoms with Crippen LogP contribution in [0.1, 0.15) is 171 Å². The number of benzene rings is 12. The van der Waals surface area contributed by atoms with Crippen LogP contribution in [0.5, 0.6) is 17.2 Å². The van der Waals surface area contributed by atoms with Crippen LogP contribution in [0, 0.1) is 0 Å². The molecule has 6 atom stereocenters. The van der Waals surface area contributed by atoms with Crippen LogP contribution in [0.2, 0.25) is 0 Å². The summed E-state index contributed by atoms with van der Waals surface area (Å²) in [6, 6.07) is 98.6. The van der Waals surface area contributed by atoms with Gasteiger partial charge in [0, 0.05) is 47.9 Å². The molecular formula is C96H81Br3O6. The lowest BCUT2D eigenvalue weighted by Gasteiger charge is -2.33. The predicted molar refractivity (Wildman–Crippen MR) is 439 cm³/mol. The zero-order valence-electron chi connectivity index (χ0n) is 59.6. The Bertz CT molecular complexity index is 4630. The SMILES string of the molecule is CCc1ccc(C2=C[C@@H](c3ccccc3)[C@H](C(=O)c3ccc(OC)cc3)c3ccc(Br)cc32)cc1.CCc1ccc(C2=C[C@@H](c3ccccc3)[C@H](C(=O)c3ccc(OC)cc3)c3ccc(Br)cc32)cc1.CCc1ccc(C2=C[C@@H](c3ccccc3)[C@H](C(=O)c3ccc(OC)cc3)c3ccc(Br)cc32)cc1. The Kier molecular flexibility index (Phi) is 23.4. The number of ether oxygens (including phenoxy) is 3. The third-order valence-electron chi connectivity index (χ3n) is 20.6. The van der Waals surface area contributed by atoms with Gasteiger partial charge in [0.2, 0.25) is 0 Å². The van der Waals surface area contributed by atoms with E-state index in [0.717, 1.165) is 133 Å². The second kappa shape index (κ2) is 33.7. The highest BCUT2D eigenvalue weighted by Crippen LogP contribution is 2.51. The van der Waals surface area contributed by atoms with Gasteiger partial charge in [-0.25, -0.2) is 0 Å². The molecule has 0 bridgehead atoms. The highest BCUT2D eigenvalue weighted by molar-refractivity contribution is 9.11. The largest absolute Gasteiger partial charge is 0.497 e. The number of Topliss-reactive ketones (excluding diaryl/α,β-unsaturated/α-hetero) is 3. The number of hydrogen-bond donors (Lipinski definition) is 0. The fourth-order valence-electron chi connectivity index (χ4n) is 14.9. The summed E-state index contributed by atoms with van der Waals surface area (Å²) >= 11 is 11.0. The van der Waals surface area contributed by atoms with E-state index in [1.165, 1.54) is 16.7 Å². The highest BCUT2D eigenvalue weighted by atomic mass is 79.9. The first kappa shape index (κ1) is 73.0. The molecule has 0 radical (unpaired) electrons. The summed E-state index contributed by atoms with van der Waals surface area (Å²) in [6.07, 6.45) is 9.89. The molecule has 0 N–H and O–H groups in total. The van der Waals surface area contributed by atoms with Crippen molar-refractivity contribution in [3.8, 4) is 17.2 Å². The summed E-state index contributed by atoms with van der Waals surface area (Å²) in [5.74, 6) is 1.34. The third kappa shape index (κ3) is 16.2. The van der Waals surface area contributed by atoms with E-state index in [4.69, 9.17) is 14.2 Å². The summed E-state index contributed by atoms with van der Waals surface area (Å²) in [6.45, 7) is 6.51. The fraction of sp³-hybridized carbons (Fsp3) is 0.156. The lowest BCUT2D eigenvalue weighted by Crippen LogP contribution is -2.24. The first-order chi connectivity index (χ1) is 51.3. The van der Waals surface area contributed by atoms with Crippen LogP contribution in [0.3, 0.4) is 0 Å². The van der Waals surface area contributed by atoms with Crippen LogP contribution >= 0.6 is 47.8 Å². The van der Waals surface area contributed by atoms with Crippen molar-refractivity contribution in [2.75, 3.05) is 21.3 Å². The fourth-order valence-corrected chi connectivity index (χ4v) is 16.0. The number of allylic oxidation sites excluding steroid dienone is 3. The molecule has 3 aliphatic carbocycles. The molecule has 6 nitrogen and oxygen atoms in total. The monoisotopic (exact) mass is 1570 g/mol. The minimum absolute atomic E-state index is 0.0830. The van der Waals surface area contributed by atoms with E-state index in [1.807, 2.05) is 146 Å². The lowest BCUT2D eigenvalue weighted by atomic mass is 9.69. The van der Waals surface area contributed by atoms with Gasteiger partial charge in [0.05, 0.1) is 39.1 Å². The summed E-state index contributed by atoms with van der Waals surface area (Å²) in [5.41, 5.74) is 22.9. The molecule has 0 heterocycles. The zero-order valence-corrected chi connectivity index (χ0v) is 64.4. The number of hydrogen-bond acceptors (Lipinski definition) is 6. The van der Waals surface area contributed by atoms with Crippen LogP contribution < -0.4 is 14.2 Å². The Labute approximate surface area is 642 Å². The Balaban J connectivity index is 0.000000140. The van der Waals surface area contributed by atoms with E-state index in [2.05, 4.69) is 232 Å². The number of carbonyl (C=O) groups is 3. The van der Waals surface area contributed by atoms with Crippen molar-refractivity contribution >= 4 is 81.9 Å². The van der Waals surface area contributed by atoms with Crippen molar-refractivity contribution in [2.24, 2.45) is 0 Å². The van der Waals surface area contributed by atoms with Crippen LogP contribution in [0.25, 0.3) is 16.7 Å². The topological polar surface area (TPSA) is 78.9 Å². The normalized spacial score (nSPS) is 16.8. The van der Waals surface area contributed by atoms with Crippen molar-refractivity contribution in [3.63, 3.8) is 0 Å². The van der Waals surface area contributed by atoms with Crippen molar-refractivity contribution in [1.82, 2.24) is 0 Å². The van der Waals surface area contributed by atoms with Crippen molar-refractivity contribution in [2.45, 2.75) is 75.5 Å². The first-order valence-electron chi connectivity index (χ1n) is 35.8. The van der Waals surface area contributed by atoms with Crippen molar-refractivity contribution < 1.29 is 28.6 Å². The van der Waals surface area contributed by atoms with Crippen molar-refractivity contribution in [3.05, 3.63) is 423 Å². The molecule has 12 aromatic rings. The van der Waals surface area contributed by atoms with Gasteiger partial charge < -0.3 is 14.2 Å². The van der Waals surface area contributed by atoms with Crippen LogP contribution in [-0.2, 0) is 19.3 Å². The molecule has 0 aliphatic heterocycles. The number of fused-ring (bicyclic) bond motifs is 3. The Morgan fingerprint density at radius 2 is 0.533 bits per heavy atom. The molecule has 0 unspecified atom stereocenters. The smallest absolute Gasteiger partial charge is 0.171 e. The zero-order chi connectivity index (χ0) is 73.1. The lowest BCUT2D eigenvalue weighted by molar-refractivity contribution is 0.0944. The van der Waals surface area contributed by atoms with Gasteiger partial charge in [-0.1, -0.05) is 269 Å². The van der Waals surface area contributed by atoms with Gasteiger partial charge in [0.25, 0.3) is 0 Å². The second-order valence-electron chi connectivity index (χ2n) is 26.6. The van der Waals surface area contributed by atoms with E-state index in [9.17, 15) is 14.4 Å². The van der Waals surface area contributed by atoms with Crippen LogP contribution in [0.4, 0.5) is 0 Å². The minimum Gasteiger partial charge on any atom is -0.497 e. The maximum atomic E-state index is 14.1. The standard InChI is InChI=1S/3C32H27BrO2/c3*1-3-21-9-11-23(12-10-21)28-20-29(22-7-5-4-6-8-22)31(27-18-15-25(33)19-30(27)28)32(34)24-13-16-26(35-2)17-14-24/h3*4-20,29,31H,3H2,1-2H3/t3*29-,31+/m000/s1. The summed E-state index contributed by atoms with van der Waals surface area (Å²) < 4.78 is 18.9. The minimum atomic E-state index is -0.326. The Morgan fingerprint density at radius 3 is 0.752 bits per heavy atom. The maximum absolute atomic E-state index is 14.1. The van der Waals surface area contributed by atoms with Gasteiger partial charge in [-0.2, -0.15) is 0 Å². The van der Waals surface area contributed by atoms with Gasteiger partial charge in [0.1, 0.15) is 17.2 Å². The van der Waals surface area contributed by atoms with Gasteiger partial charge in [0.15, 0.2) is 17.3 Å². The molecule has 0 fully saturated rings. The van der Waals surface area contributed by atoms with Crippen LogP contribution in [0.15, 0.2) is 323 Å². The van der Waals surface area contributed by atoms with E-state index < -0.39 is 0 Å². The van der Waals surface area contributed by atoms with Gasteiger partial charge in [-0.05, 0) is 229 Å². The number of methoxy groups -OCH3 is 3. The van der Waals surface area contributed by atoms with Gasteiger partial charge in [-0.3, -0.25) is 14.4 Å². The van der Waals surface area contributed by atoms with E-state index in [0.29, 0.717) is 16.7 Å². The molecule has 522 valence electrons. The number of halogens is 3. The highest BCUT2D eigenvalue weighted by Gasteiger charge is 2.40. The molecule has 12 aromatic carbocycles. The predicted octanol–water partition coefficient (Wildman–Crippen LogP) is 24.6. The number of carbonyl (C=O) groups excluding carboxylic acids is 3. The molecule has 0 saturated heterocycles. The maximum Gasteiger partial charge on any atom is 0.171 e. The summed E-state index contributed by atoms with van der Waals surface area (Å²) in [4.78, 5) is 42.2. The summed E-state index contributed by atoms with van der Waals surface area (Å²) in [5, 5.41) is 0. The average Bonchev–Trinajstić information content (AvgIpc) is 0.760. The molecule has 0 amide bonds. The van der Waals surface area contributed by atoms with Gasteiger partial charge in [-0.15, -0.1) is 0 Å². The first-order valence-corrected chi connectivity index (χ1v) is 38.2. The Morgan fingerprint density at radius 1 is 0.295 bits per heavy atom. The number of aryl methyl sites for hydroxylation is 3. The molecule has 0 aromatic heterocycles. The molecule has 9 heteroatoms. The number of rotatable bonds is 18. The molecule has 0 saturated carbocycles. The number of ketones is 3. The van der Waals surface area contributed by atoms with E-state index in [1.54, 1.807) is 21.3 Å². The van der Waals surface area contributed by atoms with Crippen molar-refractivity contribution in [1.29, 1.82) is 0 Å². The Hall–Kier alpha value is -10.3. The molecular weight excluding hydrogens is 1490 g/mol. The molecule has 105 heavy (non-hydrogen) atoms. The second-order valence-corrected chi connectivity index (χ2v) is 29.4. The third-order valence-corrected chi connectivity index (χ3v) is 22.1. The summed E-state index contributed by atoms with van der Waals surface area (Å²) in [7, 11) is 4.91. The van der Waals surface area contributed by atoms with Gasteiger partial charge >= 0.3 is 0 Å². The van der Waals surface area contributed by atoms with E-state index in [-0.39, 0.29) is 52.9 Å². The average molecular weight is 1570 g/mol. The quantitative estimate of drug-likeness (QED) is 0.0797. The molecule has 0 spiro atoms.